The molecular formula is C19H20N6O. The van der Waals surface area contributed by atoms with Crippen molar-refractivity contribution in [3.63, 3.8) is 0 Å². The summed E-state index contributed by atoms with van der Waals surface area (Å²) in [4.78, 5) is 14.6. The molecule has 5 rings (SSSR count). The molecule has 1 atom stereocenters. The van der Waals surface area contributed by atoms with Gasteiger partial charge in [0.1, 0.15) is 11.9 Å². The lowest BCUT2D eigenvalue weighted by molar-refractivity contribution is -0.117. The Bertz CT molecular complexity index is 975. The number of hydrogen-bond donors (Lipinski definition) is 1. The van der Waals surface area contributed by atoms with Gasteiger partial charge in [-0.2, -0.15) is 4.52 Å². The lowest BCUT2D eigenvalue weighted by Gasteiger charge is -2.17. The van der Waals surface area contributed by atoms with E-state index in [2.05, 4.69) is 20.6 Å². The summed E-state index contributed by atoms with van der Waals surface area (Å²) in [5.74, 6) is 2.16. The van der Waals surface area contributed by atoms with Crippen molar-refractivity contribution in [3.8, 4) is 0 Å². The number of aryl methyl sites for hydroxylation is 1. The average molecular weight is 348 g/mol. The molecule has 26 heavy (non-hydrogen) atoms. The van der Waals surface area contributed by atoms with E-state index in [1.54, 1.807) is 4.52 Å². The Hall–Kier alpha value is -2.96. The van der Waals surface area contributed by atoms with E-state index < -0.39 is 0 Å². The zero-order valence-corrected chi connectivity index (χ0v) is 14.6. The number of amides is 1. The lowest BCUT2D eigenvalue weighted by atomic mass is 10.2. The van der Waals surface area contributed by atoms with Crippen molar-refractivity contribution in [2.45, 2.75) is 38.1 Å². The van der Waals surface area contributed by atoms with Crippen LogP contribution >= 0.6 is 0 Å². The number of rotatable bonds is 4. The number of carbonyl (C=O) groups excluding carboxylic acids is 1. The van der Waals surface area contributed by atoms with E-state index in [1.165, 1.54) is 5.56 Å². The van der Waals surface area contributed by atoms with Gasteiger partial charge in [0.05, 0.1) is 0 Å². The predicted octanol–water partition coefficient (Wildman–Crippen LogP) is 2.53. The fraction of sp³-hybridized carbons (Fsp3) is 0.368. The fourth-order valence-corrected chi connectivity index (χ4v) is 3.45. The number of hydrogen-bond acceptors (Lipinski definition) is 5. The monoisotopic (exact) mass is 348 g/mol. The van der Waals surface area contributed by atoms with E-state index >= 15 is 0 Å². The minimum absolute atomic E-state index is 0.0851. The van der Waals surface area contributed by atoms with Gasteiger partial charge in [-0.1, -0.05) is 17.7 Å². The topological polar surface area (TPSA) is 75.4 Å². The summed E-state index contributed by atoms with van der Waals surface area (Å²) >= 11 is 0. The molecule has 2 fully saturated rings. The van der Waals surface area contributed by atoms with Crippen LogP contribution in [-0.4, -0.2) is 38.3 Å². The molecule has 7 heteroatoms. The van der Waals surface area contributed by atoms with E-state index in [4.69, 9.17) is 0 Å². The minimum atomic E-state index is -0.262. The van der Waals surface area contributed by atoms with Crippen LogP contribution in [-0.2, 0) is 4.79 Å². The fourth-order valence-electron chi connectivity index (χ4n) is 3.45. The van der Waals surface area contributed by atoms with Crippen LogP contribution in [0.25, 0.3) is 5.65 Å². The summed E-state index contributed by atoms with van der Waals surface area (Å²) in [6.07, 6.45) is 3.05. The molecule has 0 radical (unpaired) electrons. The first kappa shape index (κ1) is 15.3. The second-order valence-electron chi connectivity index (χ2n) is 7.13. The molecule has 1 aromatic carbocycles. The van der Waals surface area contributed by atoms with Gasteiger partial charge in [0, 0.05) is 18.2 Å². The van der Waals surface area contributed by atoms with Crippen molar-refractivity contribution in [2.24, 2.45) is 0 Å². The Kier molecular flexibility index (Phi) is 3.41. The maximum atomic E-state index is 12.8. The molecule has 2 aromatic heterocycles. The highest BCUT2D eigenvalue weighted by Crippen LogP contribution is 2.38. The second kappa shape index (κ2) is 5.79. The van der Waals surface area contributed by atoms with E-state index in [9.17, 15) is 4.79 Å². The lowest BCUT2D eigenvalue weighted by Crippen LogP contribution is -2.33. The first-order valence-corrected chi connectivity index (χ1v) is 9.06. The molecule has 1 aliphatic heterocycles. The normalized spacial score (nSPS) is 20.1. The predicted molar refractivity (Wildman–Crippen MR) is 98.3 cm³/mol. The molecule has 1 N–H and O–H groups in total. The third kappa shape index (κ3) is 2.60. The summed E-state index contributed by atoms with van der Waals surface area (Å²) < 4.78 is 1.80. The Morgan fingerprint density at radius 3 is 2.62 bits per heavy atom. The van der Waals surface area contributed by atoms with Crippen LogP contribution in [0.5, 0.6) is 0 Å². The molecule has 1 saturated carbocycles. The van der Waals surface area contributed by atoms with Crippen molar-refractivity contribution in [1.29, 1.82) is 0 Å². The van der Waals surface area contributed by atoms with E-state index in [0.717, 1.165) is 36.4 Å². The van der Waals surface area contributed by atoms with Crippen LogP contribution in [0.3, 0.4) is 0 Å². The van der Waals surface area contributed by atoms with Gasteiger partial charge in [-0.25, -0.2) is 0 Å². The molecule has 3 aromatic rings. The van der Waals surface area contributed by atoms with Gasteiger partial charge < -0.3 is 10.2 Å². The van der Waals surface area contributed by atoms with Crippen LogP contribution in [0.15, 0.2) is 36.4 Å². The third-order valence-electron chi connectivity index (χ3n) is 5.10. The number of aromatic nitrogens is 4. The van der Waals surface area contributed by atoms with Crippen LogP contribution in [0, 0.1) is 6.92 Å². The van der Waals surface area contributed by atoms with Crippen molar-refractivity contribution >= 4 is 23.1 Å². The molecule has 1 aliphatic carbocycles. The van der Waals surface area contributed by atoms with Crippen molar-refractivity contribution < 1.29 is 4.79 Å². The van der Waals surface area contributed by atoms with Crippen molar-refractivity contribution in [3.05, 3.63) is 47.8 Å². The molecule has 1 amide bonds. The summed E-state index contributed by atoms with van der Waals surface area (Å²) in [7, 11) is 0. The number of anilines is 2. The van der Waals surface area contributed by atoms with E-state index in [-0.39, 0.29) is 11.9 Å². The first-order chi connectivity index (χ1) is 12.7. The maximum Gasteiger partial charge on any atom is 0.249 e. The summed E-state index contributed by atoms with van der Waals surface area (Å²) in [6.45, 7) is 2.75. The van der Waals surface area contributed by atoms with Crippen molar-refractivity contribution in [1.82, 2.24) is 19.8 Å². The highest BCUT2D eigenvalue weighted by Gasteiger charge is 2.33. The second-order valence-corrected chi connectivity index (χ2v) is 7.13. The zero-order chi connectivity index (χ0) is 17.7. The van der Waals surface area contributed by atoms with E-state index in [1.807, 2.05) is 48.2 Å². The molecule has 2 aliphatic rings. The number of carbonyl (C=O) groups is 1. The van der Waals surface area contributed by atoms with Gasteiger partial charge in [-0.3, -0.25) is 4.79 Å². The number of fused-ring (bicyclic) bond motifs is 1. The molecule has 7 nitrogen and oxygen atoms in total. The summed E-state index contributed by atoms with van der Waals surface area (Å²) in [6, 6.07) is 11.6. The number of benzene rings is 1. The van der Waals surface area contributed by atoms with Gasteiger partial charge in [-0.05, 0) is 50.5 Å². The Balaban J connectivity index is 1.36. The Labute approximate surface area is 151 Å². The molecule has 0 spiro atoms. The van der Waals surface area contributed by atoms with Gasteiger partial charge in [-0.15, -0.1) is 15.3 Å². The smallest absolute Gasteiger partial charge is 0.249 e. The molecule has 0 bridgehead atoms. The first-order valence-electron chi connectivity index (χ1n) is 9.06. The van der Waals surface area contributed by atoms with Crippen LogP contribution in [0.2, 0.25) is 0 Å². The molecule has 132 valence electrons. The number of nitrogens with one attached hydrogen (secondary N) is 1. The third-order valence-corrected chi connectivity index (χ3v) is 5.10. The standard InChI is InChI=1S/C19H20N6O/c1-12-2-6-14(7-3-12)24-11-10-15(19(24)26)20-16-8-9-17-21-22-18(13-4-5-13)25(17)23-16/h2-3,6-9,13,15H,4-5,10-11H2,1H3,(H,20,23)/t15-/m0/s1. The Morgan fingerprint density at radius 1 is 1.04 bits per heavy atom. The van der Waals surface area contributed by atoms with Crippen LogP contribution < -0.4 is 10.2 Å². The summed E-state index contributed by atoms with van der Waals surface area (Å²) in [5, 5.41) is 16.3. The molecular weight excluding hydrogens is 328 g/mol. The average Bonchev–Trinajstić information content (AvgIpc) is 3.31. The van der Waals surface area contributed by atoms with Gasteiger partial charge in [0.25, 0.3) is 0 Å². The number of nitrogens with zero attached hydrogens (tertiary/aromatic N) is 5. The van der Waals surface area contributed by atoms with Gasteiger partial charge >= 0.3 is 0 Å². The van der Waals surface area contributed by atoms with Gasteiger partial charge in [0.15, 0.2) is 11.5 Å². The zero-order valence-electron chi connectivity index (χ0n) is 14.6. The SMILES string of the molecule is Cc1ccc(N2CC[C@H](Nc3ccc4nnc(C5CC5)n4n3)C2=O)cc1. The molecule has 0 unspecified atom stereocenters. The van der Waals surface area contributed by atoms with Crippen LogP contribution in [0.4, 0.5) is 11.5 Å². The largest absolute Gasteiger partial charge is 0.357 e. The molecule has 1 saturated heterocycles. The Morgan fingerprint density at radius 2 is 1.85 bits per heavy atom. The van der Waals surface area contributed by atoms with Crippen LogP contribution in [0.1, 0.15) is 36.6 Å². The maximum absolute atomic E-state index is 12.8. The van der Waals surface area contributed by atoms with Crippen molar-refractivity contribution in [2.75, 3.05) is 16.8 Å². The van der Waals surface area contributed by atoms with Gasteiger partial charge in [0.2, 0.25) is 5.91 Å². The minimum Gasteiger partial charge on any atom is -0.357 e. The highest BCUT2D eigenvalue weighted by atomic mass is 16.2. The quantitative estimate of drug-likeness (QED) is 0.784. The summed E-state index contributed by atoms with van der Waals surface area (Å²) in [5.41, 5.74) is 2.88. The van der Waals surface area contributed by atoms with E-state index in [0.29, 0.717) is 18.3 Å². The molecule has 3 heterocycles. The highest BCUT2D eigenvalue weighted by molar-refractivity contribution is 6.00.